The minimum atomic E-state index is -1.19. The third kappa shape index (κ3) is 4.75. The maximum absolute atomic E-state index is 13.0. The molecule has 2 rings (SSSR count). The van der Waals surface area contributed by atoms with E-state index in [9.17, 15) is 23.6 Å². The smallest absolute Gasteiger partial charge is 0.322 e. The van der Waals surface area contributed by atoms with Gasteiger partial charge in [0, 0.05) is 18.7 Å². The summed E-state index contributed by atoms with van der Waals surface area (Å²) in [7, 11) is 0. The Kier molecular flexibility index (Phi) is 5.68. The first-order chi connectivity index (χ1) is 11.8. The van der Waals surface area contributed by atoms with Crippen LogP contribution in [0.2, 0.25) is 0 Å². The largest absolute Gasteiger partial charge is 0.480 e. The molecule has 1 fully saturated rings. The van der Waals surface area contributed by atoms with Crippen molar-refractivity contribution >= 4 is 29.4 Å². The van der Waals surface area contributed by atoms with Crippen molar-refractivity contribution in [2.75, 3.05) is 18.0 Å². The van der Waals surface area contributed by atoms with Crippen LogP contribution in [0, 0.1) is 11.7 Å². The van der Waals surface area contributed by atoms with Crippen LogP contribution < -0.4 is 15.5 Å². The lowest BCUT2D eigenvalue weighted by molar-refractivity contribution is -0.138. The molecule has 0 unspecified atom stereocenters. The minimum Gasteiger partial charge on any atom is -0.480 e. The predicted molar refractivity (Wildman–Crippen MR) is 85.1 cm³/mol. The third-order valence-corrected chi connectivity index (χ3v) is 3.80. The van der Waals surface area contributed by atoms with Gasteiger partial charge >= 0.3 is 5.97 Å². The summed E-state index contributed by atoms with van der Waals surface area (Å²) in [5, 5.41) is 13.1. The molecule has 0 bridgehead atoms. The molecule has 2 atom stereocenters. The highest BCUT2D eigenvalue weighted by atomic mass is 19.1. The van der Waals surface area contributed by atoms with Crippen molar-refractivity contribution in [2.24, 2.45) is 5.92 Å². The number of amides is 3. The number of carbonyl (C=O) groups excluding carboxylic acids is 3. The van der Waals surface area contributed by atoms with Crippen molar-refractivity contribution < 1.29 is 28.7 Å². The summed E-state index contributed by atoms with van der Waals surface area (Å²) >= 11 is 0. The zero-order chi connectivity index (χ0) is 18.6. The van der Waals surface area contributed by atoms with E-state index in [1.54, 1.807) is 0 Å². The van der Waals surface area contributed by atoms with Crippen molar-refractivity contribution in [3.8, 4) is 0 Å². The standard InChI is InChI=1S/C16H18FN3O5/c1-9(15(24)18-7-14(22)23)19-16(25)10-6-13(21)20(8-10)12-4-2-11(17)3-5-12/h2-5,9-10H,6-8H2,1H3,(H,18,24)(H,19,25)(H,22,23)/t9-,10-/m0/s1. The van der Waals surface area contributed by atoms with Crippen LogP contribution in [0.15, 0.2) is 24.3 Å². The highest BCUT2D eigenvalue weighted by molar-refractivity contribution is 6.01. The summed E-state index contributed by atoms with van der Waals surface area (Å²) < 4.78 is 13.0. The van der Waals surface area contributed by atoms with Gasteiger partial charge in [0.05, 0.1) is 5.92 Å². The lowest BCUT2D eigenvalue weighted by atomic mass is 10.1. The van der Waals surface area contributed by atoms with Gasteiger partial charge in [-0.2, -0.15) is 0 Å². The Morgan fingerprint density at radius 3 is 2.56 bits per heavy atom. The van der Waals surface area contributed by atoms with Gasteiger partial charge in [-0.3, -0.25) is 19.2 Å². The van der Waals surface area contributed by atoms with Gasteiger partial charge in [0.2, 0.25) is 17.7 Å². The van der Waals surface area contributed by atoms with Crippen LogP contribution in [0.1, 0.15) is 13.3 Å². The quantitative estimate of drug-likeness (QED) is 0.661. The maximum Gasteiger partial charge on any atom is 0.322 e. The molecule has 25 heavy (non-hydrogen) atoms. The molecule has 0 aliphatic carbocycles. The number of benzene rings is 1. The van der Waals surface area contributed by atoms with Crippen LogP contribution in [0.3, 0.4) is 0 Å². The number of hydrogen-bond acceptors (Lipinski definition) is 4. The summed E-state index contributed by atoms with van der Waals surface area (Å²) in [6, 6.07) is 4.43. The normalized spacial score (nSPS) is 17.9. The van der Waals surface area contributed by atoms with E-state index < -0.39 is 42.1 Å². The SMILES string of the molecule is C[C@H](NC(=O)[C@H]1CC(=O)N(c2ccc(F)cc2)C1)C(=O)NCC(=O)O. The fraction of sp³-hybridized carbons (Fsp3) is 0.375. The molecule has 9 heteroatoms. The van der Waals surface area contributed by atoms with E-state index in [0.717, 1.165) is 0 Å². The van der Waals surface area contributed by atoms with Crippen LogP contribution in [0.4, 0.5) is 10.1 Å². The molecule has 1 aliphatic heterocycles. The second-order valence-electron chi connectivity index (χ2n) is 5.72. The number of anilines is 1. The number of rotatable bonds is 6. The molecule has 134 valence electrons. The summed E-state index contributed by atoms with van der Waals surface area (Å²) in [6.07, 6.45) is -0.0212. The van der Waals surface area contributed by atoms with Gasteiger partial charge in [0.1, 0.15) is 18.4 Å². The average molecular weight is 351 g/mol. The molecule has 1 aliphatic rings. The summed E-state index contributed by atoms with van der Waals surface area (Å²) in [4.78, 5) is 47.8. The van der Waals surface area contributed by atoms with Gasteiger partial charge in [-0.1, -0.05) is 0 Å². The average Bonchev–Trinajstić information content (AvgIpc) is 2.95. The van der Waals surface area contributed by atoms with E-state index in [1.807, 2.05) is 0 Å². The first-order valence-corrected chi connectivity index (χ1v) is 7.63. The first-order valence-electron chi connectivity index (χ1n) is 7.63. The van der Waals surface area contributed by atoms with E-state index in [-0.39, 0.29) is 18.9 Å². The number of carboxylic acid groups (broad SMARTS) is 1. The van der Waals surface area contributed by atoms with Gasteiger partial charge in [0.15, 0.2) is 0 Å². The van der Waals surface area contributed by atoms with Crippen LogP contribution in [-0.2, 0) is 19.2 Å². The van der Waals surface area contributed by atoms with E-state index >= 15 is 0 Å². The van der Waals surface area contributed by atoms with Crippen molar-refractivity contribution in [3.63, 3.8) is 0 Å². The molecule has 3 amide bonds. The Hall–Kier alpha value is -2.97. The van der Waals surface area contributed by atoms with Crippen LogP contribution in [0.25, 0.3) is 0 Å². The number of halogens is 1. The Balaban J connectivity index is 1.92. The van der Waals surface area contributed by atoms with Crippen LogP contribution >= 0.6 is 0 Å². The molecule has 8 nitrogen and oxygen atoms in total. The van der Waals surface area contributed by atoms with Crippen molar-refractivity contribution in [1.82, 2.24) is 10.6 Å². The molecule has 0 spiro atoms. The molecule has 0 aromatic heterocycles. The topological polar surface area (TPSA) is 116 Å². The molecular formula is C16H18FN3O5. The van der Waals surface area contributed by atoms with Gasteiger partial charge in [-0.15, -0.1) is 0 Å². The molecule has 1 aromatic carbocycles. The van der Waals surface area contributed by atoms with E-state index in [0.29, 0.717) is 5.69 Å². The Morgan fingerprint density at radius 2 is 1.96 bits per heavy atom. The molecule has 3 N–H and O–H groups in total. The Bertz CT molecular complexity index is 692. The lowest BCUT2D eigenvalue weighted by Crippen LogP contribution is -2.48. The number of nitrogens with one attached hydrogen (secondary N) is 2. The first kappa shape index (κ1) is 18.4. The zero-order valence-corrected chi connectivity index (χ0v) is 13.5. The van der Waals surface area contributed by atoms with Crippen molar-refractivity contribution in [2.45, 2.75) is 19.4 Å². The van der Waals surface area contributed by atoms with Crippen LogP contribution in [0.5, 0.6) is 0 Å². The molecule has 0 radical (unpaired) electrons. The molecular weight excluding hydrogens is 333 g/mol. The third-order valence-electron chi connectivity index (χ3n) is 3.80. The summed E-state index contributed by atoms with van der Waals surface area (Å²) in [5.41, 5.74) is 0.494. The zero-order valence-electron chi connectivity index (χ0n) is 13.5. The highest BCUT2D eigenvalue weighted by Crippen LogP contribution is 2.25. The molecule has 1 aromatic rings. The Labute approximate surface area is 143 Å². The van der Waals surface area contributed by atoms with E-state index in [2.05, 4.69) is 10.6 Å². The number of aliphatic carboxylic acids is 1. The van der Waals surface area contributed by atoms with Crippen molar-refractivity contribution in [1.29, 1.82) is 0 Å². The monoisotopic (exact) mass is 351 g/mol. The van der Waals surface area contributed by atoms with Gasteiger partial charge in [0.25, 0.3) is 0 Å². The molecule has 1 saturated heterocycles. The lowest BCUT2D eigenvalue weighted by Gasteiger charge is -2.18. The number of carboxylic acids is 1. The van der Waals surface area contributed by atoms with Gasteiger partial charge in [-0.05, 0) is 31.2 Å². The van der Waals surface area contributed by atoms with Gasteiger partial charge in [-0.25, -0.2) is 4.39 Å². The summed E-state index contributed by atoms with van der Waals surface area (Å²) in [5.74, 6) is -3.64. The van der Waals surface area contributed by atoms with Crippen molar-refractivity contribution in [3.05, 3.63) is 30.1 Å². The fourth-order valence-corrected chi connectivity index (χ4v) is 2.47. The highest BCUT2D eigenvalue weighted by Gasteiger charge is 2.36. The number of nitrogens with zero attached hydrogens (tertiary/aromatic N) is 1. The van der Waals surface area contributed by atoms with Crippen LogP contribution in [-0.4, -0.2) is 47.9 Å². The maximum atomic E-state index is 13.0. The number of carbonyl (C=O) groups is 4. The second-order valence-corrected chi connectivity index (χ2v) is 5.72. The second kappa shape index (κ2) is 7.73. The predicted octanol–water partition coefficient (Wildman–Crippen LogP) is -0.116. The Morgan fingerprint density at radius 1 is 1.32 bits per heavy atom. The van der Waals surface area contributed by atoms with E-state index in [4.69, 9.17) is 5.11 Å². The number of hydrogen-bond donors (Lipinski definition) is 3. The molecule has 1 heterocycles. The molecule has 0 saturated carbocycles. The summed E-state index contributed by atoms with van der Waals surface area (Å²) in [6.45, 7) is 1.00. The van der Waals surface area contributed by atoms with E-state index in [1.165, 1.54) is 36.1 Å². The fourth-order valence-electron chi connectivity index (χ4n) is 2.47. The minimum absolute atomic E-state index is 0.0212. The van der Waals surface area contributed by atoms with Gasteiger partial charge < -0.3 is 20.6 Å².